The fraction of sp³-hybridized carbons (Fsp3) is 1.00. The molecule has 1 saturated carbocycles. The van der Waals surface area contributed by atoms with Crippen molar-refractivity contribution >= 4 is 19.9 Å². The van der Waals surface area contributed by atoms with Gasteiger partial charge in [0.1, 0.15) is 0 Å². The molecule has 25 heavy (non-hydrogen) atoms. The Balaban J connectivity index is 1.59. The van der Waals surface area contributed by atoms with E-state index < -0.39 is 25.9 Å². The zero-order valence-corrected chi connectivity index (χ0v) is 16.4. The predicted molar refractivity (Wildman–Crippen MR) is 96.7 cm³/mol. The Kier molecular flexibility index (Phi) is 6.41. The van der Waals surface area contributed by atoms with Gasteiger partial charge in [-0.1, -0.05) is 32.1 Å². The molecule has 0 amide bonds. The number of hydrogen-bond acceptors (Lipinski definition) is 6. The van der Waals surface area contributed by atoms with Crippen molar-refractivity contribution in [2.75, 3.05) is 43.6 Å². The average Bonchev–Trinajstić information content (AvgIpc) is 2.88. The lowest BCUT2D eigenvalue weighted by atomic mass is 9.88. The molecule has 2 unspecified atom stereocenters. The molecule has 3 fully saturated rings. The Bertz CT molecular complexity index is 637. The minimum absolute atomic E-state index is 0.0306. The van der Waals surface area contributed by atoms with E-state index in [0.717, 1.165) is 12.8 Å². The smallest absolute Gasteiger partial charge is 0.211 e. The van der Waals surface area contributed by atoms with Crippen LogP contribution in [0.15, 0.2) is 0 Å². The molecule has 7 nitrogen and oxygen atoms in total. The maximum Gasteiger partial charge on any atom is 0.211 e. The fourth-order valence-electron chi connectivity index (χ4n) is 4.30. The van der Waals surface area contributed by atoms with Crippen LogP contribution in [0.1, 0.15) is 38.5 Å². The van der Waals surface area contributed by atoms with Crippen LogP contribution in [0.4, 0.5) is 0 Å². The van der Waals surface area contributed by atoms with Gasteiger partial charge in [0.25, 0.3) is 0 Å². The molecule has 0 spiro atoms. The number of morpholine rings is 1. The maximum atomic E-state index is 12.5. The molecule has 2 saturated heterocycles. The molecule has 146 valence electrons. The molecular weight excluding hydrogens is 364 g/mol. The zero-order chi connectivity index (χ0) is 17.9. The lowest BCUT2D eigenvalue weighted by molar-refractivity contribution is 0.0178. The highest BCUT2D eigenvalue weighted by Gasteiger charge is 2.43. The number of rotatable bonds is 6. The van der Waals surface area contributed by atoms with E-state index in [1.807, 2.05) is 0 Å². The van der Waals surface area contributed by atoms with Gasteiger partial charge in [0.2, 0.25) is 10.0 Å². The first-order valence-corrected chi connectivity index (χ1v) is 12.8. The van der Waals surface area contributed by atoms with Crippen molar-refractivity contribution in [3.63, 3.8) is 0 Å². The van der Waals surface area contributed by atoms with Gasteiger partial charge in [-0.05, 0) is 12.3 Å². The van der Waals surface area contributed by atoms with Crippen LogP contribution >= 0.6 is 0 Å². The highest BCUT2D eigenvalue weighted by molar-refractivity contribution is 7.92. The summed E-state index contributed by atoms with van der Waals surface area (Å²) in [6, 6.07) is -0.821. The summed E-state index contributed by atoms with van der Waals surface area (Å²) in [4.78, 5) is 2.06. The normalized spacial score (nSPS) is 32.0. The van der Waals surface area contributed by atoms with E-state index in [1.165, 1.54) is 19.3 Å². The molecule has 1 aliphatic carbocycles. The lowest BCUT2D eigenvalue weighted by Gasteiger charge is -2.34. The van der Waals surface area contributed by atoms with Crippen LogP contribution < -0.4 is 4.72 Å². The fourth-order valence-corrected chi connectivity index (χ4v) is 7.82. The van der Waals surface area contributed by atoms with Gasteiger partial charge in [0.05, 0.1) is 36.5 Å². The van der Waals surface area contributed by atoms with E-state index in [1.54, 1.807) is 0 Å². The van der Waals surface area contributed by atoms with Crippen molar-refractivity contribution in [3.05, 3.63) is 0 Å². The third kappa shape index (κ3) is 5.63. The largest absolute Gasteiger partial charge is 0.379 e. The van der Waals surface area contributed by atoms with Crippen LogP contribution in [-0.4, -0.2) is 77.4 Å². The molecule has 2 atom stereocenters. The number of sulfone groups is 1. The Labute approximate surface area is 151 Å². The monoisotopic (exact) mass is 394 g/mol. The van der Waals surface area contributed by atoms with Gasteiger partial charge in [-0.25, -0.2) is 21.6 Å². The highest BCUT2D eigenvalue weighted by atomic mass is 32.2. The summed E-state index contributed by atoms with van der Waals surface area (Å²) in [5.41, 5.74) is 0. The van der Waals surface area contributed by atoms with Crippen LogP contribution in [0.5, 0.6) is 0 Å². The maximum absolute atomic E-state index is 12.5. The predicted octanol–water partition coefficient (Wildman–Crippen LogP) is 0.374. The second-order valence-electron chi connectivity index (χ2n) is 7.63. The van der Waals surface area contributed by atoms with Gasteiger partial charge in [-0.2, -0.15) is 0 Å². The molecule has 0 aromatic carbocycles. The van der Waals surface area contributed by atoms with Crippen molar-refractivity contribution in [1.29, 1.82) is 0 Å². The summed E-state index contributed by atoms with van der Waals surface area (Å²) in [7, 11) is -6.67. The Morgan fingerprint density at radius 1 is 1.04 bits per heavy atom. The summed E-state index contributed by atoms with van der Waals surface area (Å²) in [6.45, 7) is 2.44. The summed E-state index contributed by atoms with van der Waals surface area (Å²) >= 11 is 0. The van der Waals surface area contributed by atoms with Crippen molar-refractivity contribution < 1.29 is 21.6 Å². The molecule has 9 heteroatoms. The number of nitrogens with one attached hydrogen (secondary N) is 1. The van der Waals surface area contributed by atoms with E-state index in [4.69, 9.17) is 4.74 Å². The van der Waals surface area contributed by atoms with Gasteiger partial charge in [-0.15, -0.1) is 0 Å². The van der Waals surface area contributed by atoms with E-state index in [-0.39, 0.29) is 23.3 Å². The van der Waals surface area contributed by atoms with Crippen molar-refractivity contribution in [2.45, 2.75) is 50.6 Å². The van der Waals surface area contributed by atoms with Crippen molar-refractivity contribution in [3.8, 4) is 0 Å². The first kappa shape index (κ1) is 19.5. The molecule has 1 N–H and O–H groups in total. The van der Waals surface area contributed by atoms with Gasteiger partial charge in [-0.3, -0.25) is 4.90 Å². The Hall–Kier alpha value is -0.220. The zero-order valence-electron chi connectivity index (χ0n) is 14.7. The average molecular weight is 395 g/mol. The highest BCUT2D eigenvalue weighted by Crippen LogP contribution is 2.27. The first-order valence-electron chi connectivity index (χ1n) is 9.37. The molecule has 0 aromatic heterocycles. The van der Waals surface area contributed by atoms with Crippen LogP contribution in [0, 0.1) is 5.92 Å². The third-order valence-corrected chi connectivity index (χ3v) is 8.84. The Morgan fingerprint density at radius 2 is 1.72 bits per heavy atom. The van der Waals surface area contributed by atoms with Crippen molar-refractivity contribution in [2.24, 2.45) is 5.92 Å². The number of ether oxygens (including phenoxy) is 1. The number of hydrogen-bond donors (Lipinski definition) is 1. The summed E-state index contributed by atoms with van der Waals surface area (Å²) in [6.07, 6.45) is 6.55. The van der Waals surface area contributed by atoms with Crippen molar-refractivity contribution in [1.82, 2.24) is 9.62 Å². The van der Waals surface area contributed by atoms with Gasteiger partial charge in [0, 0.05) is 19.1 Å². The molecule has 3 rings (SSSR count). The van der Waals surface area contributed by atoms with Gasteiger partial charge in [0.15, 0.2) is 9.84 Å². The van der Waals surface area contributed by atoms with E-state index in [9.17, 15) is 16.8 Å². The third-order valence-electron chi connectivity index (χ3n) is 5.69. The van der Waals surface area contributed by atoms with Crippen LogP contribution in [0.3, 0.4) is 0 Å². The van der Waals surface area contributed by atoms with Crippen LogP contribution in [-0.2, 0) is 24.6 Å². The topological polar surface area (TPSA) is 92.8 Å². The molecule has 3 aliphatic rings. The molecule has 2 aliphatic heterocycles. The standard InChI is InChI=1S/C16H30N2O5S2/c19-24(20)12-15(16(13-24)18-7-9-23-10-8-18)17-25(21,22)11-6-14-4-2-1-3-5-14/h14-17H,1-13H2. The number of nitrogens with zero attached hydrogens (tertiary/aromatic N) is 1. The SMILES string of the molecule is O=S1(=O)CC(NS(=O)(=O)CCC2CCCCC2)C(N2CCOCC2)C1. The van der Waals surface area contributed by atoms with Gasteiger partial charge >= 0.3 is 0 Å². The second kappa shape index (κ2) is 8.21. The van der Waals surface area contributed by atoms with Crippen LogP contribution in [0.2, 0.25) is 0 Å². The molecule has 0 bridgehead atoms. The quantitative estimate of drug-likeness (QED) is 0.700. The number of sulfonamides is 1. The molecule has 0 aromatic rings. The summed E-state index contributed by atoms with van der Waals surface area (Å²) < 4.78 is 57.3. The van der Waals surface area contributed by atoms with E-state index in [2.05, 4.69) is 9.62 Å². The summed E-state index contributed by atoms with van der Waals surface area (Å²) in [5, 5.41) is 0. The molecule has 0 radical (unpaired) electrons. The molecular formula is C16H30N2O5S2. The van der Waals surface area contributed by atoms with E-state index >= 15 is 0 Å². The molecule has 2 heterocycles. The second-order valence-corrected chi connectivity index (χ2v) is 11.7. The lowest BCUT2D eigenvalue weighted by Crippen LogP contribution is -2.54. The van der Waals surface area contributed by atoms with E-state index in [0.29, 0.717) is 38.6 Å². The first-order chi connectivity index (χ1) is 11.8. The summed E-state index contributed by atoms with van der Waals surface area (Å²) in [5.74, 6) is 0.525. The van der Waals surface area contributed by atoms with Gasteiger partial charge < -0.3 is 4.74 Å². The minimum atomic E-state index is -3.46. The minimum Gasteiger partial charge on any atom is -0.379 e. The van der Waals surface area contributed by atoms with Crippen LogP contribution in [0.25, 0.3) is 0 Å². The Morgan fingerprint density at radius 3 is 2.40 bits per heavy atom.